The summed E-state index contributed by atoms with van der Waals surface area (Å²) in [4.78, 5) is 114. The number of nitrogens with zero attached hydrogens (tertiary/aromatic N) is 5. The molecule has 7 amide bonds. The van der Waals surface area contributed by atoms with Crippen LogP contribution >= 0.6 is 11.8 Å². The number of amides is 7. The second-order valence-corrected chi connectivity index (χ2v) is 24.0. The number of fused-ring (bicyclic) bond motifs is 2. The number of pyridine rings is 2. The van der Waals surface area contributed by atoms with Crippen LogP contribution in [0, 0.1) is 5.92 Å². The number of rotatable bonds is 51. The number of unbranched alkanes of at least 4 members (excludes halogenated alkanes) is 4. The van der Waals surface area contributed by atoms with Gasteiger partial charge in [-0.25, -0.2) is 9.80 Å². The fourth-order valence-corrected chi connectivity index (χ4v) is 11.4. The number of ether oxygens (including phenoxy) is 8. The number of hydrazone groups is 1. The van der Waals surface area contributed by atoms with E-state index >= 15 is 0 Å². The van der Waals surface area contributed by atoms with Gasteiger partial charge >= 0.3 is 18.0 Å². The average molecular weight is 1370 g/mol. The number of aliphatic carboxylic acids is 2. The van der Waals surface area contributed by atoms with Crippen molar-refractivity contribution in [3.63, 3.8) is 0 Å². The zero-order chi connectivity index (χ0) is 69.2. The summed E-state index contributed by atoms with van der Waals surface area (Å²) in [6, 6.07) is 16.5. The Kier molecular flexibility index (Phi) is 36.8. The Morgan fingerprint density at radius 2 is 1.29 bits per heavy atom. The molecule has 2 aromatic carbocycles. The van der Waals surface area contributed by atoms with Crippen molar-refractivity contribution in [1.29, 1.82) is 0 Å². The number of urea groups is 1. The van der Waals surface area contributed by atoms with Crippen LogP contribution in [0.25, 0.3) is 10.9 Å². The first-order valence-corrected chi connectivity index (χ1v) is 34.1. The van der Waals surface area contributed by atoms with Gasteiger partial charge in [-0.2, -0.15) is 16.9 Å². The molecule has 2 aliphatic heterocycles. The van der Waals surface area contributed by atoms with Gasteiger partial charge in [0.1, 0.15) is 12.1 Å². The number of thioether (sulfide) groups is 1. The van der Waals surface area contributed by atoms with Crippen LogP contribution < -0.4 is 32.3 Å². The molecule has 532 valence electrons. The molecule has 4 atom stereocenters. The van der Waals surface area contributed by atoms with Crippen LogP contribution in [-0.4, -0.2) is 239 Å². The fraction of sp³-hybridized carbons (Fsp3) is 0.567. The van der Waals surface area contributed by atoms with E-state index < -0.39 is 66.5 Å². The number of anilines is 1. The third-order valence-electron chi connectivity index (χ3n) is 15.5. The SMILES string of the molecule is COCCOCCOCCOCCOCCOCCOCCOCCC(=O)NCCCC[C@H](NC(=O)CNC(=O)C(CSC[C@H](N)C(=O)O)CC(=O)O)C(=O)NCCCCCCN1N=C(c2ccc(NC(=O)N3Cc4ccncc4C3)cc2)CC(c2cccc3ncccc23)C1=O. The molecule has 0 saturated heterocycles. The number of nitrogens with one attached hydrogen (secondary N) is 5. The Morgan fingerprint density at radius 1 is 0.660 bits per heavy atom. The molecule has 4 heterocycles. The van der Waals surface area contributed by atoms with Crippen molar-refractivity contribution in [2.45, 2.75) is 95.3 Å². The lowest BCUT2D eigenvalue weighted by Gasteiger charge is -2.30. The predicted molar refractivity (Wildman–Crippen MR) is 360 cm³/mol. The number of aromatic nitrogens is 2. The van der Waals surface area contributed by atoms with E-state index in [1.54, 1.807) is 30.6 Å². The van der Waals surface area contributed by atoms with E-state index in [-0.39, 0.29) is 62.0 Å². The molecular weight excluding hydrogens is 1280 g/mol. The smallest absolute Gasteiger partial charge is 0.322 e. The first-order valence-electron chi connectivity index (χ1n) is 32.9. The van der Waals surface area contributed by atoms with Gasteiger partial charge in [0.05, 0.1) is 135 Å². The maximum absolute atomic E-state index is 14.4. The van der Waals surface area contributed by atoms with Gasteiger partial charge in [0.15, 0.2) is 0 Å². The van der Waals surface area contributed by atoms with Crippen molar-refractivity contribution in [3.05, 3.63) is 102 Å². The lowest BCUT2D eigenvalue weighted by atomic mass is 9.86. The zero-order valence-electron chi connectivity index (χ0n) is 55.3. The summed E-state index contributed by atoms with van der Waals surface area (Å²) < 4.78 is 43.2. The molecule has 6 rings (SSSR count). The lowest BCUT2D eigenvalue weighted by Crippen LogP contribution is -2.50. The summed E-state index contributed by atoms with van der Waals surface area (Å²) in [5.74, 6) is -6.56. The number of hydrogen-bond acceptors (Lipinski definition) is 21. The molecule has 4 aromatic rings. The zero-order valence-corrected chi connectivity index (χ0v) is 56.1. The molecular formula is C67H95N11O18S. The number of carboxylic acid groups (broad SMARTS) is 2. The molecule has 0 bridgehead atoms. The van der Waals surface area contributed by atoms with Crippen molar-refractivity contribution in [1.82, 2.24) is 41.1 Å². The molecule has 2 aromatic heterocycles. The second kappa shape index (κ2) is 45.7. The summed E-state index contributed by atoms with van der Waals surface area (Å²) in [6.45, 7) is 7.58. The number of hydrogen-bond donors (Lipinski definition) is 8. The van der Waals surface area contributed by atoms with Gasteiger partial charge in [-0.3, -0.25) is 43.5 Å². The molecule has 0 spiro atoms. The summed E-state index contributed by atoms with van der Waals surface area (Å²) >= 11 is 1.000. The van der Waals surface area contributed by atoms with Gasteiger partial charge in [-0.15, -0.1) is 0 Å². The summed E-state index contributed by atoms with van der Waals surface area (Å²) in [5.41, 5.74) is 11.4. The van der Waals surface area contributed by atoms with Crippen molar-refractivity contribution >= 4 is 81.6 Å². The molecule has 30 heteroatoms. The number of benzene rings is 2. The van der Waals surface area contributed by atoms with Gasteiger partial charge < -0.3 is 85.3 Å². The Labute approximate surface area is 569 Å². The molecule has 29 nitrogen and oxygen atoms in total. The Bertz CT molecular complexity index is 3080. The van der Waals surface area contributed by atoms with E-state index in [1.165, 1.54) is 5.01 Å². The van der Waals surface area contributed by atoms with E-state index in [1.807, 2.05) is 60.7 Å². The first kappa shape index (κ1) is 78.2. The van der Waals surface area contributed by atoms with Gasteiger partial charge in [0.25, 0.3) is 5.91 Å². The van der Waals surface area contributed by atoms with Crippen molar-refractivity contribution in [3.8, 4) is 0 Å². The Hall–Kier alpha value is -7.78. The second-order valence-electron chi connectivity index (χ2n) is 22.9. The summed E-state index contributed by atoms with van der Waals surface area (Å²) in [6.07, 6.45) is 8.72. The van der Waals surface area contributed by atoms with Crippen LogP contribution in [0.15, 0.2) is 84.4 Å². The molecule has 0 radical (unpaired) electrons. The molecule has 9 N–H and O–H groups in total. The average Bonchev–Trinajstić information content (AvgIpc) is 1.39. The molecule has 0 aliphatic carbocycles. The van der Waals surface area contributed by atoms with Crippen molar-refractivity contribution in [2.75, 3.05) is 149 Å². The van der Waals surface area contributed by atoms with E-state index in [0.29, 0.717) is 168 Å². The Morgan fingerprint density at radius 3 is 1.94 bits per heavy atom. The van der Waals surface area contributed by atoms with Crippen molar-refractivity contribution in [2.24, 2.45) is 16.8 Å². The lowest BCUT2D eigenvalue weighted by molar-refractivity contribution is -0.141. The van der Waals surface area contributed by atoms with Crippen molar-refractivity contribution < 1.29 is 86.5 Å². The monoisotopic (exact) mass is 1370 g/mol. The molecule has 97 heavy (non-hydrogen) atoms. The van der Waals surface area contributed by atoms with Crippen LogP contribution in [-0.2, 0) is 84.5 Å². The van der Waals surface area contributed by atoms with Crippen LogP contribution in [0.4, 0.5) is 10.5 Å². The molecule has 0 fully saturated rings. The highest BCUT2D eigenvalue weighted by Crippen LogP contribution is 2.34. The van der Waals surface area contributed by atoms with Crippen LogP contribution in [0.1, 0.15) is 92.4 Å². The summed E-state index contributed by atoms with van der Waals surface area (Å²) in [5, 5.41) is 39.8. The highest BCUT2D eigenvalue weighted by molar-refractivity contribution is 7.99. The third-order valence-corrected chi connectivity index (χ3v) is 16.7. The fourth-order valence-electron chi connectivity index (χ4n) is 10.3. The highest BCUT2D eigenvalue weighted by atomic mass is 32.2. The topological polar surface area (TPSA) is 382 Å². The maximum Gasteiger partial charge on any atom is 0.322 e. The van der Waals surface area contributed by atoms with E-state index in [0.717, 1.165) is 44.9 Å². The predicted octanol–water partition coefficient (Wildman–Crippen LogP) is 3.85. The van der Waals surface area contributed by atoms with E-state index in [4.69, 9.17) is 53.8 Å². The van der Waals surface area contributed by atoms with Crippen LogP contribution in [0.2, 0.25) is 0 Å². The highest BCUT2D eigenvalue weighted by Gasteiger charge is 2.34. The van der Waals surface area contributed by atoms with Gasteiger partial charge in [0, 0.05) is 93.8 Å². The standard InChI is InChI=1S/C67H95N11O18S/c1-89-26-27-91-30-31-93-34-35-95-38-39-96-37-36-94-33-32-92-29-28-90-25-19-60(79)71-20-6-4-12-58(75-61(80)43-73-63(83)50(40-62(81)82)46-97-47-56(68)66(86)87)64(84)72-21-5-2-3-7-24-78-65(85)55(53-10-8-13-57-54(53)11-9-22-70-57)41-59(76-78)48-14-16-52(17-15-48)74-67(88)77-44-49-18-23-69-42-51(49)45-77/h8-11,13-18,22-23,42,50,55-56,58H,2-7,12,19-21,24-41,43-47,68H2,1H3,(H,71,79)(H,72,84)(H,73,83)(H,74,88)(H,75,80)(H,81,82)(H,86,87)/t50?,55?,56-,58-/m0/s1. The number of nitrogens with two attached hydrogens (primary N) is 1. The Balaban J connectivity index is 0.908. The molecule has 2 aliphatic rings. The van der Waals surface area contributed by atoms with Crippen LogP contribution in [0.5, 0.6) is 0 Å². The quantitative estimate of drug-likeness (QED) is 0.0291. The van der Waals surface area contributed by atoms with E-state index in [9.17, 15) is 43.5 Å². The minimum absolute atomic E-state index is 0.0620. The number of methoxy groups -OCH3 is 1. The van der Waals surface area contributed by atoms with Gasteiger partial charge in [-0.1, -0.05) is 43.2 Å². The minimum Gasteiger partial charge on any atom is -0.481 e. The normalized spacial score (nSPS) is 14.5. The maximum atomic E-state index is 14.4. The molecule has 0 saturated carbocycles. The number of carbonyl (C=O) groups is 8. The van der Waals surface area contributed by atoms with Crippen LogP contribution in [0.3, 0.4) is 0 Å². The minimum atomic E-state index is -1.27. The summed E-state index contributed by atoms with van der Waals surface area (Å²) in [7, 11) is 1.62. The van der Waals surface area contributed by atoms with E-state index in [2.05, 4.69) is 36.6 Å². The van der Waals surface area contributed by atoms with Gasteiger partial charge in [0.2, 0.25) is 23.6 Å². The largest absolute Gasteiger partial charge is 0.481 e. The number of carbonyl (C=O) groups excluding carboxylic acids is 6. The van der Waals surface area contributed by atoms with Gasteiger partial charge in [-0.05, 0) is 84.7 Å². The number of carboxylic acids is 2. The first-order chi connectivity index (χ1) is 47.2. The molecule has 2 unspecified atom stereocenters. The third kappa shape index (κ3) is 29.9.